The monoisotopic (exact) mass is 222 g/mol. The molecule has 4 nitrogen and oxygen atoms in total. The summed E-state index contributed by atoms with van der Waals surface area (Å²) >= 11 is 0. The number of carboxylic acid groups (broad SMARTS) is 1. The topological polar surface area (TPSA) is 55.1 Å². The van der Waals surface area contributed by atoms with Gasteiger partial charge in [0.25, 0.3) is 0 Å². The van der Waals surface area contributed by atoms with E-state index in [-0.39, 0.29) is 0 Å². The zero-order valence-corrected chi connectivity index (χ0v) is 10.0. The van der Waals surface area contributed by atoms with Crippen molar-refractivity contribution in [3.05, 3.63) is 17.5 Å². The molecule has 1 N–H and O–H groups in total. The highest BCUT2D eigenvalue weighted by Crippen LogP contribution is 2.41. The van der Waals surface area contributed by atoms with Gasteiger partial charge in [0.05, 0.1) is 5.69 Å². The van der Waals surface area contributed by atoms with Crippen molar-refractivity contribution in [2.75, 3.05) is 0 Å². The summed E-state index contributed by atoms with van der Waals surface area (Å²) in [6, 6.07) is 1.97. The van der Waals surface area contributed by atoms with Gasteiger partial charge >= 0.3 is 5.97 Å². The van der Waals surface area contributed by atoms with Crippen LogP contribution in [0.1, 0.15) is 50.9 Å². The molecular formula is C12H18N2O2. The minimum absolute atomic E-state index is 0.603. The Balaban J connectivity index is 2.39. The summed E-state index contributed by atoms with van der Waals surface area (Å²) in [4.78, 5) is 11.2. The molecule has 0 aliphatic heterocycles. The first kappa shape index (κ1) is 11.2. The van der Waals surface area contributed by atoms with Crippen molar-refractivity contribution < 1.29 is 9.90 Å². The van der Waals surface area contributed by atoms with Crippen LogP contribution in [-0.2, 0) is 16.8 Å². The fourth-order valence-corrected chi connectivity index (χ4v) is 1.81. The smallest absolute Gasteiger partial charge is 0.315 e. The van der Waals surface area contributed by atoms with Crippen molar-refractivity contribution in [2.45, 2.75) is 51.5 Å². The average molecular weight is 222 g/mol. The van der Waals surface area contributed by atoms with Gasteiger partial charge in [-0.3, -0.25) is 9.48 Å². The van der Waals surface area contributed by atoms with E-state index in [1.54, 1.807) is 13.8 Å². The third-order valence-electron chi connectivity index (χ3n) is 3.28. The molecule has 16 heavy (non-hydrogen) atoms. The van der Waals surface area contributed by atoms with Crippen molar-refractivity contribution >= 4 is 5.97 Å². The third-order valence-corrected chi connectivity index (χ3v) is 3.28. The largest absolute Gasteiger partial charge is 0.481 e. The van der Waals surface area contributed by atoms with Crippen molar-refractivity contribution in [2.24, 2.45) is 0 Å². The van der Waals surface area contributed by atoms with Gasteiger partial charge in [0.15, 0.2) is 0 Å². The summed E-state index contributed by atoms with van der Waals surface area (Å²) in [6.07, 6.45) is 2.41. The summed E-state index contributed by atoms with van der Waals surface area (Å²) in [5.41, 5.74) is 0.972. The molecule has 2 rings (SSSR count). The van der Waals surface area contributed by atoms with Gasteiger partial charge in [0, 0.05) is 18.2 Å². The highest BCUT2D eigenvalue weighted by Gasteiger charge is 2.35. The molecule has 0 radical (unpaired) electrons. The molecule has 4 heteroatoms. The van der Waals surface area contributed by atoms with Crippen molar-refractivity contribution in [1.29, 1.82) is 0 Å². The molecule has 1 aromatic heterocycles. The van der Waals surface area contributed by atoms with Crippen LogP contribution >= 0.6 is 0 Å². The van der Waals surface area contributed by atoms with Crippen molar-refractivity contribution in [3.8, 4) is 0 Å². The summed E-state index contributed by atoms with van der Waals surface area (Å²) in [5, 5.41) is 13.6. The molecule has 0 amide bonds. The van der Waals surface area contributed by atoms with Gasteiger partial charge in [-0.15, -0.1) is 0 Å². The summed E-state index contributed by atoms with van der Waals surface area (Å²) in [6.45, 7) is 6.25. The summed E-state index contributed by atoms with van der Waals surface area (Å²) < 4.78 is 1.94. The van der Waals surface area contributed by atoms with E-state index in [1.807, 2.05) is 17.7 Å². The first-order chi connectivity index (χ1) is 7.46. The lowest BCUT2D eigenvalue weighted by atomic mass is 9.89. The van der Waals surface area contributed by atoms with Crippen molar-refractivity contribution in [3.63, 3.8) is 0 Å². The predicted molar refractivity (Wildman–Crippen MR) is 60.5 cm³/mol. The highest BCUT2D eigenvalue weighted by molar-refractivity contribution is 5.79. The van der Waals surface area contributed by atoms with Crippen LogP contribution in [0.2, 0.25) is 0 Å². The first-order valence-corrected chi connectivity index (χ1v) is 5.78. The molecule has 0 bridgehead atoms. The number of hydrogen-bond acceptors (Lipinski definition) is 2. The minimum atomic E-state index is -0.899. The van der Waals surface area contributed by atoms with E-state index in [0.29, 0.717) is 11.6 Å². The number of rotatable bonds is 4. The van der Waals surface area contributed by atoms with Crippen LogP contribution < -0.4 is 0 Å². The van der Waals surface area contributed by atoms with E-state index >= 15 is 0 Å². The van der Waals surface area contributed by atoms with Gasteiger partial charge in [0.1, 0.15) is 5.41 Å². The number of aliphatic carboxylic acids is 1. The fraction of sp³-hybridized carbons (Fsp3) is 0.667. The molecule has 1 heterocycles. The Morgan fingerprint density at radius 1 is 1.62 bits per heavy atom. The fourth-order valence-electron chi connectivity index (χ4n) is 1.81. The first-order valence-electron chi connectivity index (χ1n) is 5.78. The number of aromatic nitrogens is 2. The number of carbonyl (C=O) groups is 1. The van der Waals surface area contributed by atoms with Crippen LogP contribution in [0.25, 0.3) is 0 Å². The standard InChI is InChI=1S/C12H18N2O2/c1-4-14-9(8-5-6-8)7-10(13-14)12(2,3)11(15)16/h7-8H,4-6H2,1-3H3,(H,15,16). The maximum atomic E-state index is 11.2. The maximum Gasteiger partial charge on any atom is 0.315 e. The minimum Gasteiger partial charge on any atom is -0.481 e. The molecule has 1 aliphatic rings. The number of aryl methyl sites for hydroxylation is 1. The van der Waals surface area contributed by atoms with Crippen LogP contribution in [0.15, 0.2) is 6.07 Å². The molecule has 0 saturated heterocycles. The lowest BCUT2D eigenvalue weighted by Crippen LogP contribution is -2.29. The predicted octanol–water partition coefficient (Wildman–Crippen LogP) is 2.14. The van der Waals surface area contributed by atoms with Gasteiger partial charge < -0.3 is 5.11 Å². The van der Waals surface area contributed by atoms with Gasteiger partial charge in [-0.05, 0) is 39.7 Å². The maximum absolute atomic E-state index is 11.2. The Hall–Kier alpha value is -1.32. The Kier molecular flexibility index (Phi) is 2.52. The number of nitrogens with zero attached hydrogens (tertiary/aromatic N) is 2. The molecule has 1 fully saturated rings. The van der Waals surface area contributed by atoms with Gasteiger partial charge in [-0.25, -0.2) is 0 Å². The van der Waals surface area contributed by atoms with Gasteiger partial charge in [-0.2, -0.15) is 5.10 Å². The molecule has 0 aromatic carbocycles. The van der Waals surface area contributed by atoms with Crippen LogP contribution in [0, 0.1) is 0 Å². The third kappa shape index (κ3) is 1.72. The lowest BCUT2D eigenvalue weighted by molar-refractivity contribution is -0.142. The molecular weight excluding hydrogens is 204 g/mol. The molecule has 0 spiro atoms. The van der Waals surface area contributed by atoms with Crippen LogP contribution in [0.4, 0.5) is 0 Å². The van der Waals surface area contributed by atoms with E-state index in [1.165, 1.54) is 18.5 Å². The Morgan fingerprint density at radius 2 is 2.25 bits per heavy atom. The Morgan fingerprint density at radius 3 is 2.69 bits per heavy atom. The van der Waals surface area contributed by atoms with Crippen LogP contribution in [0.5, 0.6) is 0 Å². The molecule has 1 aromatic rings. The van der Waals surface area contributed by atoms with Gasteiger partial charge in [0.2, 0.25) is 0 Å². The quantitative estimate of drug-likeness (QED) is 0.849. The van der Waals surface area contributed by atoms with E-state index in [9.17, 15) is 9.90 Å². The summed E-state index contributed by atoms with van der Waals surface area (Å²) in [7, 11) is 0. The van der Waals surface area contributed by atoms with E-state index < -0.39 is 11.4 Å². The molecule has 1 aliphatic carbocycles. The van der Waals surface area contributed by atoms with E-state index in [2.05, 4.69) is 5.10 Å². The normalized spacial score (nSPS) is 16.4. The molecule has 88 valence electrons. The van der Waals surface area contributed by atoms with E-state index in [4.69, 9.17) is 0 Å². The molecule has 1 saturated carbocycles. The second-order valence-electron chi connectivity index (χ2n) is 4.97. The van der Waals surface area contributed by atoms with E-state index in [0.717, 1.165) is 6.54 Å². The molecule has 0 unspecified atom stereocenters. The van der Waals surface area contributed by atoms with Crippen molar-refractivity contribution in [1.82, 2.24) is 9.78 Å². The number of carboxylic acids is 1. The lowest BCUT2D eigenvalue weighted by Gasteiger charge is -2.15. The highest BCUT2D eigenvalue weighted by atomic mass is 16.4. The Bertz CT molecular complexity index is 417. The number of hydrogen-bond donors (Lipinski definition) is 1. The van der Waals surface area contributed by atoms with Crippen LogP contribution in [-0.4, -0.2) is 20.9 Å². The average Bonchev–Trinajstić information content (AvgIpc) is 2.97. The second-order valence-corrected chi connectivity index (χ2v) is 4.97. The molecule has 0 atom stereocenters. The zero-order valence-electron chi connectivity index (χ0n) is 10.0. The Labute approximate surface area is 95.3 Å². The van der Waals surface area contributed by atoms with Crippen LogP contribution in [0.3, 0.4) is 0 Å². The van der Waals surface area contributed by atoms with Gasteiger partial charge in [-0.1, -0.05) is 0 Å². The SMILES string of the molecule is CCn1nc(C(C)(C)C(=O)O)cc1C1CC1. The summed E-state index contributed by atoms with van der Waals surface area (Å²) in [5.74, 6) is -0.221. The zero-order chi connectivity index (χ0) is 11.9. The second kappa shape index (κ2) is 3.61.